The first-order chi connectivity index (χ1) is 6.74. The number of ether oxygens (including phenoxy) is 1. The molecule has 0 saturated heterocycles. The molecule has 1 rings (SSSR count). The molecule has 0 aromatic carbocycles. The highest BCUT2D eigenvalue weighted by Gasteiger charge is 2.21. The van der Waals surface area contributed by atoms with E-state index in [0.717, 1.165) is 11.7 Å². The monoisotopic (exact) mass is 217 g/mol. The van der Waals surface area contributed by atoms with Crippen molar-refractivity contribution in [3.63, 3.8) is 0 Å². The van der Waals surface area contributed by atoms with Crippen LogP contribution in [-0.2, 0) is 9.53 Å². The summed E-state index contributed by atoms with van der Waals surface area (Å²) in [4.78, 5) is 11.1. The van der Waals surface area contributed by atoms with Crippen LogP contribution in [0.1, 0.15) is 26.2 Å². The standard InChI is InChI=1S/C10H19NO2S/c1-2-13-10(12)9(11)7-14-6-5-8-3-4-8/h8-9H,2-7,11H2,1H3. The van der Waals surface area contributed by atoms with Crippen LogP contribution in [0.25, 0.3) is 0 Å². The molecule has 1 atom stereocenters. The normalized spacial score (nSPS) is 17.9. The highest BCUT2D eigenvalue weighted by Crippen LogP contribution is 2.33. The van der Waals surface area contributed by atoms with Gasteiger partial charge in [0.15, 0.2) is 0 Å². The molecule has 1 aliphatic carbocycles. The van der Waals surface area contributed by atoms with Gasteiger partial charge in [-0.2, -0.15) is 11.8 Å². The van der Waals surface area contributed by atoms with E-state index in [0.29, 0.717) is 12.4 Å². The summed E-state index contributed by atoms with van der Waals surface area (Å²) in [7, 11) is 0. The van der Waals surface area contributed by atoms with Gasteiger partial charge in [-0.1, -0.05) is 12.8 Å². The van der Waals surface area contributed by atoms with Crippen LogP contribution in [0.3, 0.4) is 0 Å². The Hall–Kier alpha value is -0.220. The molecule has 1 saturated carbocycles. The Morgan fingerprint density at radius 1 is 1.64 bits per heavy atom. The molecule has 0 aromatic heterocycles. The Balaban J connectivity index is 1.95. The molecule has 0 heterocycles. The van der Waals surface area contributed by atoms with E-state index >= 15 is 0 Å². The fourth-order valence-electron chi connectivity index (χ4n) is 1.18. The van der Waals surface area contributed by atoms with E-state index in [9.17, 15) is 4.79 Å². The molecule has 1 fully saturated rings. The minimum absolute atomic E-state index is 0.272. The number of thioether (sulfide) groups is 1. The van der Waals surface area contributed by atoms with E-state index < -0.39 is 6.04 Å². The van der Waals surface area contributed by atoms with Crippen molar-refractivity contribution in [2.45, 2.75) is 32.2 Å². The average Bonchev–Trinajstić information content (AvgIpc) is 2.96. The smallest absolute Gasteiger partial charge is 0.323 e. The second-order valence-corrected chi connectivity index (χ2v) is 4.82. The van der Waals surface area contributed by atoms with Crippen molar-refractivity contribution in [1.82, 2.24) is 0 Å². The SMILES string of the molecule is CCOC(=O)C(N)CSCCC1CC1. The molecule has 2 N–H and O–H groups in total. The van der Waals surface area contributed by atoms with Crippen LogP contribution < -0.4 is 5.73 Å². The maximum Gasteiger partial charge on any atom is 0.323 e. The Bertz CT molecular complexity index is 183. The van der Waals surface area contributed by atoms with Crippen LogP contribution in [-0.4, -0.2) is 30.1 Å². The molecule has 1 aliphatic rings. The Morgan fingerprint density at radius 3 is 2.93 bits per heavy atom. The average molecular weight is 217 g/mol. The molecule has 0 spiro atoms. The van der Waals surface area contributed by atoms with Crippen LogP contribution in [0.4, 0.5) is 0 Å². The second kappa shape index (κ2) is 6.30. The highest BCUT2D eigenvalue weighted by atomic mass is 32.2. The number of hydrogen-bond acceptors (Lipinski definition) is 4. The lowest BCUT2D eigenvalue weighted by Crippen LogP contribution is -2.34. The third kappa shape index (κ3) is 4.86. The fraction of sp³-hybridized carbons (Fsp3) is 0.900. The van der Waals surface area contributed by atoms with E-state index in [1.165, 1.54) is 19.3 Å². The first-order valence-electron chi connectivity index (χ1n) is 5.24. The largest absolute Gasteiger partial charge is 0.465 e. The summed E-state index contributed by atoms with van der Waals surface area (Å²) in [6, 6.07) is -0.445. The van der Waals surface area contributed by atoms with Crippen molar-refractivity contribution in [2.75, 3.05) is 18.1 Å². The lowest BCUT2D eigenvalue weighted by Gasteiger charge is -2.09. The summed E-state index contributed by atoms with van der Waals surface area (Å²) < 4.78 is 4.82. The van der Waals surface area contributed by atoms with Gasteiger partial charge >= 0.3 is 5.97 Å². The van der Waals surface area contributed by atoms with Gasteiger partial charge in [0.2, 0.25) is 0 Å². The molecular weight excluding hydrogens is 198 g/mol. The summed E-state index contributed by atoms with van der Waals surface area (Å²) in [6.45, 7) is 2.21. The molecule has 0 aromatic rings. The lowest BCUT2D eigenvalue weighted by atomic mass is 10.3. The minimum Gasteiger partial charge on any atom is -0.465 e. The molecule has 0 amide bonds. The number of esters is 1. The van der Waals surface area contributed by atoms with E-state index in [4.69, 9.17) is 10.5 Å². The first-order valence-corrected chi connectivity index (χ1v) is 6.39. The summed E-state index contributed by atoms with van der Waals surface area (Å²) in [5.41, 5.74) is 5.64. The molecule has 0 aliphatic heterocycles. The van der Waals surface area contributed by atoms with Gasteiger partial charge in [-0.15, -0.1) is 0 Å². The summed E-state index contributed by atoms with van der Waals surface area (Å²) in [6.07, 6.45) is 4.06. The van der Waals surface area contributed by atoms with E-state index in [-0.39, 0.29) is 5.97 Å². The number of carbonyl (C=O) groups is 1. The van der Waals surface area contributed by atoms with Crippen LogP contribution in [0.5, 0.6) is 0 Å². The third-order valence-corrected chi connectivity index (χ3v) is 3.37. The van der Waals surface area contributed by atoms with Gasteiger partial charge in [0.25, 0.3) is 0 Å². The molecular formula is C10H19NO2S. The predicted octanol–water partition coefficient (Wildman–Crippen LogP) is 1.41. The van der Waals surface area contributed by atoms with Crippen molar-refractivity contribution in [3.8, 4) is 0 Å². The first kappa shape index (κ1) is 11.9. The van der Waals surface area contributed by atoms with Crippen LogP contribution in [0.15, 0.2) is 0 Å². The zero-order valence-electron chi connectivity index (χ0n) is 8.70. The number of hydrogen-bond donors (Lipinski definition) is 1. The van der Waals surface area contributed by atoms with Gasteiger partial charge in [-0.25, -0.2) is 0 Å². The number of rotatable bonds is 7. The number of carbonyl (C=O) groups excluding carboxylic acids is 1. The molecule has 0 bridgehead atoms. The lowest BCUT2D eigenvalue weighted by molar-refractivity contribution is -0.144. The van der Waals surface area contributed by atoms with Gasteiger partial charge in [0.05, 0.1) is 6.61 Å². The van der Waals surface area contributed by atoms with Crippen LogP contribution in [0.2, 0.25) is 0 Å². The van der Waals surface area contributed by atoms with Crippen LogP contribution in [0, 0.1) is 5.92 Å². The van der Waals surface area contributed by atoms with Gasteiger partial charge in [0, 0.05) is 5.75 Å². The van der Waals surface area contributed by atoms with E-state index in [1.54, 1.807) is 18.7 Å². The Labute approximate surface area is 89.8 Å². The van der Waals surface area contributed by atoms with Crippen molar-refractivity contribution in [1.29, 1.82) is 0 Å². The third-order valence-electron chi connectivity index (χ3n) is 2.25. The highest BCUT2D eigenvalue weighted by molar-refractivity contribution is 7.99. The van der Waals surface area contributed by atoms with Crippen molar-refractivity contribution in [3.05, 3.63) is 0 Å². The zero-order chi connectivity index (χ0) is 10.4. The zero-order valence-corrected chi connectivity index (χ0v) is 9.52. The van der Waals surface area contributed by atoms with Gasteiger partial charge in [0.1, 0.15) is 6.04 Å². The van der Waals surface area contributed by atoms with Gasteiger partial charge in [-0.05, 0) is 25.0 Å². The quantitative estimate of drug-likeness (QED) is 0.517. The number of nitrogens with two attached hydrogens (primary N) is 1. The topological polar surface area (TPSA) is 52.3 Å². The minimum atomic E-state index is -0.445. The van der Waals surface area contributed by atoms with E-state index in [2.05, 4.69) is 0 Å². The maximum absolute atomic E-state index is 11.1. The maximum atomic E-state index is 11.1. The van der Waals surface area contributed by atoms with Gasteiger partial charge < -0.3 is 10.5 Å². The molecule has 3 nitrogen and oxygen atoms in total. The summed E-state index contributed by atoms with van der Waals surface area (Å²) in [5, 5.41) is 0. The Morgan fingerprint density at radius 2 is 2.36 bits per heavy atom. The van der Waals surface area contributed by atoms with Crippen molar-refractivity contribution < 1.29 is 9.53 Å². The molecule has 4 heteroatoms. The molecule has 14 heavy (non-hydrogen) atoms. The van der Waals surface area contributed by atoms with Crippen molar-refractivity contribution >= 4 is 17.7 Å². The fourth-order valence-corrected chi connectivity index (χ4v) is 2.24. The second-order valence-electron chi connectivity index (χ2n) is 3.67. The van der Waals surface area contributed by atoms with E-state index in [1.807, 2.05) is 0 Å². The Kier molecular flexibility index (Phi) is 5.33. The predicted molar refractivity (Wildman–Crippen MR) is 59.3 cm³/mol. The molecule has 1 unspecified atom stereocenters. The summed E-state index contributed by atoms with van der Waals surface area (Å²) >= 11 is 1.76. The summed E-state index contributed by atoms with van der Waals surface area (Å²) in [5.74, 6) is 2.50. The molecule has 0 radical (unpaired) electrons. The molecule has 82 valence electrons. The van der Waals surface area contributed by atoms with Crippen molar-refractivity contribution in [2.24, 2.45) is 11.7 Å². The van der Waals surface area contributed by atoms with Crippen LogP contribution >= 0.6 is 11.8 Å². The van der Waals surface area contributed by atoms with Gasteiger partial charge in [-0.3, -0.25) is 4.79 Å².